The lowest BCUT2D eigenvalue weighted by Gasteiger charge is -2.29. The van der Waals surface area contributed by atoms with Crippen LogP contribution in [0.3, 0.4) is 0 Å². The Labute approximate surface area is 388 Å². The molecule has 0 aliphatic rings. The van der Waals surface area contributed by atoms with E-state index in [0.29, 0.717) is 0 Å². The first-order valence-corrected chi connectivity index (χ1v) is 22.9. The Bertz CT molecular complexity index is 3950. The Morgan fingerprint density at radius 1 is 0.313 bits per heavy atom. The molecule has 0 saturated carbocycles. The largest absolute Gasteiger partial charge is 0.456 e. The van der Waals surface area contributed by atoms with E-state index in [1.807, 2.05) is 12.1 Å². The van der Waals surface area contributed by atoms with Gasteiger partial charge in [-0.3, -0.25) is 0 Å². The van der Waals surface area contributed by atoms with Crippen molar-refractivity contribution in [2.45, 2.75) is 0 Å². The number of benzene rings is 11. The van der Waals surface area contributed by atoms with Crippen molar-refractivity contribution in [1.82, 2.24) is 4.57 Å². The predicted molar refractivity (Wildman–Crippen MR) is 282 cm³/mol. The number of hydrogen-bond acceptors (Lipinski definition) is 2. The number of hydrogen-bond donors (Lipinski definition) is 0. The summed E-state index contributed by atoms with van der Waals surface area (Å²) in [5.41, 5.74) is 18.0. The summed E-state index contributed by atoms with van der Waals surface area (Å²) in [6.45, 7) is 0. The summed E-state index contributed by atoms with van der Waals surface area (Å²) in [7, 11) is 0. The molecule has 0 fully saturated rings. The molecule has 0 atom stereocenters. The maximum atomic E-state index is 6.18. The molecule has 0 amide bonds. The van der Waals surface area contributed by atoms with Crippen molar-refractivity contribution in [1.29, 1.82) is 0 Å². The number of fused-ring (bicyclic) bond motifs is 7. The van der Waals surface area contributed by atoms with E-state index < -0.39 is 0 Å². The van der Waals surface area contributed by atoms with Gasteiger partial charge in [0.05, 0.1) is 16.7 Å². The van der Waals surface area contributed by atoms with Gasteiger partial charge in [0.25, 0.3) is 0 Å². The number of anilines is 3. The molecule has 3 heteroatoms. The van der Waals surface area contributed by atoms with Gasteiger partial charge in [0.2, 0.25) is 0 Å². The standard InChI is InChI=1S/C64H42N2O/c1-3-15-45(16-4-1)52-24-13-17-46-18-14-25-57(64(46)52)54-22-8-10-26-59(54)65(50-35-29-43(30-36-50)47-34-40-63-58(41-47)56-23-9-12-28-62(56)67-63)51-37-31-44(32-38-51)48-33-39-55-53-21-7-11-27-60(53)66(61(55)42-48)49-19-5-2-6-20-49/h1-42H. The molecule has 13 aromatic rings. The Balaban J connectivity index is 0.956. The van der Waals surface area contributed by atoms with Gasteiger partial charge in [-0.2, -0.15) is 0 Å². The van der Waals surface area contributed by atoms with Gasteiger partial charge in [-0.15, -0.1) is 0 Å². The van der Waals surface area contributed by atoms with Crippen LogP contribution >= 0.6 is 0 Å². The van der Waals surface area contributed by atoms with Crippen LogP contribution in [0.1, 0.15) is 0 Å². The van der Waals surface area contributed by atoms with Gasteiger partial charge in [0.15, 0.2) is 0 Å². The van der Waals surface area contributed by atoms with Gasteiger partial charge < -0.3 is 13.9 Å². The third-order valence-corrected chi connectivity index (χ3v) is 13.4. The molecule has 0 radical (unpaired) electrons. The molecule has 3 nitrogen and oxygen atoms in total. The van der Waals surface area contributed by atoms with E-state index in [0.717, 1.165) is 66.9 Å². The Morgan fingerprint density at radius 2 is 0.866 bits per heavy atom. The Morgan fingerprint density at radius 3 is 1.63 bits per heavy atom. The van der Waals surface area contributed by atoms with Crippen LogP contribution in [0.2, 0.25) is 0 Å². The summed E-state index contributed by atoms with van der Waals surface area (Å²) in [6, 6.07) is 92.0. The molecule has 2 heterocycles. The zero-order valence-corrected chi connectivity index (χ0v) is 36.6. The van der Waals surface area contributed by atoms with E-state index in [1.54, 1.807) is 0 Å². The molecule has 0 aliphatic carbocycles. The van der Waals surface area contributed by atoms with E-state index in [-0.39, 0.29) is 0 Å². The molecule has 0 aliphatic heterocycles. The summed E-state index contributed by atoms with van der Waals surface area (Å²) in [5, 5.41) is 7.19. The van der Waals surface area contributed by atoms with Crippen molar-refractivity contribution in [2.75, 3.05) is 4.90 Å². The molecular weight excluding hydrogens is 813 g/mol. The van der Waals surface area contributed by atoms with Gasteiger partial charge in [-0.05, 0) is 123 Å². The normalized spacial score (nSPS) is 11.6. The fourth-order valence-electron chi connectivity index (χ4n) is 10.3. The first-order valence-electron chi connectivity index (χ1n) is 22.9. The molecule has 2 aromatic heterocycles. The van der Waals surface area contributed by atoms with Gasteiger partial charge in [0.1, 0.15) is 11.2 Å². The average Bonchev–Trinajstić information content (AvgIpc) is 3.94. The average molecular weight is 855 g/mol. The third-order valence-electron chi connectivity index (χ3n) is 13.4. The summed E-state index contributed by atoms with van der Waals surface area (Å²) in [5.74, 6) is 0. The molecule has 314 valence electrons. The lowest BCUT2D eigenvalue weighted by atomic mass is 9.90. The van der Waals surface area contributed by atoms with Gasteiger partial charge in [-0.25, -0.2) is 0 Å². The van der Waals surface area contributed by atoms with E-state index in [4.69, 9.17) is 4.42 Å². The van der Waals surface area contributed by atoms with Crippen LogP contribution in [0.5, 0.6) is 0 Å². The number of rotatable bonds is 8. The quantitative estimate of drug-likeness (QED) is 0.152. The first-order chi connectivity index (χ1) is 33.2. The fraction of sp³-hybridized carbons (Fsp3) is 0. The van der Waals surface area contributed by atoms with E-state index in [9.17, 15) is 0 Å². The molecule has 11 aromatic carbocycles. The van der Waals surface area contributed by atoms with Gasteiger partial charge >= 0.3 is 0 Å². The van der Waals surface area contributed by atoms with E-state index in [1.165, 1.54) is 54.8 Å². The highest BCUT2D eigenvalue weighted by molar-refractivity contribution is 6.11. The number of furan rings is 1. The van der Waals surface area contributed by atoms with Crippen molar-refractivity contribution < 1.29 is 4.42 Å². The van der Waals surface area contributed by atoms with Crippen molar-refractivity contribution in [3.05, 3.63) is 255 Å². The molecule has 0 unspecified atom stereocenters. The number of para-hydroxylation sites is 4. The molecular formula is C64H42N2O. The van der Waals surface area contributed by atoms with Crippen LogP contribution in [-0.2, 0) is 0 Å². The zero-order chi connectivity index (χ0) is 44.3. The van der Waals surface area contributed by atoms with Crippen molar-refractivity contribution in [3.63, 3.8) is 0 Å². The van der Waals surface area contributed by atoms with Gasteiger partial charge in [-0.1, -0.05) is 182 Å². The topological polar surface area (TPSA) is 21.3 Å². The minimum atomic E-state index is 0.898. The smallest absolute Gasteiger partial charge is 0.135 e. The second-order valence-corrected chi connectivity index (χ2v) is 17.3. The van der Waals surface area contributed by atoms with Crippen LogP contribution in [-0.4, -0.2) is 4.57 Å². The van der Waals surface area contributed by atoms with Gasteiger partial charge in [0, 0.05) is 44.2 Å². The van der Waals surface area contributed by atoms with Crippen LogP contribution in [0.25, 0.3) is 105 Å². The lowest BCUT2D eigenvalue weighted by molar-refractivity contribution is 0.669. The SMILES string of the molecule is c1ccc(-c2cccc3cccc(-c4ccccc4N(c4ccc(-c5ccc6oc7ccccc7c6c5)cc4)c4ccc(-c5ccc6c7ccccc7n(-c7ccccc7)c6c5)cc4)c23)cc1. The zero-order valence-electron chi connectivity index (χ0n) is 36.6. The second kappa shape index (κ2) is 16.0. The predicted octanol–water partition coefficient (Wildman–Crippen LogP) is 18.0. The van der Waals surface area contributed by atoms with Crippen molar-refractivity contribution in [3.8, 4) is 50.2 Å². The number of nitrogens with zero attached hydrogens (tertiary/aromatic N) is 2. The molecule has 0 spiro atoms. The van der Waals surface area contributed by atoms with Crippen LogP contribution in [0, 0.1) is 0 Å². The summed E-state index contributed by atoms with van der Waals surface area (Å²) >= 11 is 0. The summed E-state index contributed by atoms with van der Waals surface area (Å²) in [4.78, 5) is 2.41. The van der Waals surface area contributed by atoms with Crippen LogP contribution < -0.4 is 4.90 Å². The maximum absolute atomic E-state index is 6.18. The highest BCUT2D eigenvalue weighted by Crippen LogP contribution is 2.46. The second-order valence-electron chi connectivity index (χ2n) is 17.3. The molecule has 13 rings (SSSR count). The van der Waals surface area contributed by atoms with Crippen LogP contribution in [0.4, 0.5) is 17.1 Å². The molecule has 0 saturated heterocycles. The third kappa shape index (κ3) is 6.59. The maximum Gasteiger partial charge on any atom is 0.135 e. The molecule has 0 bridgehead atoms. The molecule has 0 N–H and O–H groups in total. The molecule has 67 heavy (non-hydrogen) atoms. The van der Waals surface area contributed by atoms with Crippen molar-refractivity contribution >= 4 is 71.6 Å². The monoisotopic (exact) mass is 854 g/mol. The summed E-state index contributed by atoms with van der Waals surface area (Å²) < 4.78 is 8.57. The lowest BCUT2D eigenvalue weighted by Crippen LogP contribution is -2.11. The minimum absolute atomic E-state index is 0.898. The highest BCUT2D eigenvalue weighted by atomic mass is 16.3. The highest BCUT2D eigenvalue weighted by Gasteiger charge is 2.21. The van der Waals surface area contributed by atoms with Crippen LogP contribution in [0.15, 0.2) is 259 Å². The first kappa shape index (κ1) is 38.5. The Kier molecular flexibility index (Phi) is 9.17. The van der Waals surface area contributed by atoms with Crippen molar-refractivity contribution in [2.24, 2.45) is 0 Å². The van der Waals surface area contributed by atoms with E-state index in [2.05, 4.69) is 252 Å². The van der Waals surface area contributed by atoms with E-state index >= 15 is 0 Å². The minimum Gasteiger partial charge on any atom is -0.456 e. The summed E-state index contributed by atoms with van der Waals surface area (Å²) in [6.07, 6.45) is 0. The Hall–Kier alpha value is -8.92. The number of aromatic nitrogens is 1. The fourth-order valence-corrected chi connectivity index (χ4v) is 10.3.